The Morgan fingerprint density at radius 1 is 0.906 bits per heavy atom. The highest BCUT2D eigenvalue weighted by molar-refractivity contribution is 5.64. The summed E-state index contributed by atoms with van der Waals surface area (Å²) in [6.07, 6.45) is 6.71. The molecular formula is C27H34F4O. The van der Waals surface area contributed by atoms with E-state index < -0.39 is 17.9 Å². The van der Waals surface area contributed by atoms with Gasteiger partial charge in [0, 0.05) is 0 Å². The van der Waals surface area contributed by atoms with Gasteiger partial charge in [0.1, 0.15) is 0 Å². The summed E-state index contributed by atoms with van der Waals surface area (Å²) in [6.45, 7) is 4.63. The Kier molecular flexibility index (Phi) is 8.61. The van der Waals surface area contributed by atoms with Gasteiger partial charge in [-0.05, 0) is 59.4 Å². The molecule has 0 radical (unpaired) electrons. The zero-order chi connectivity index (χ0) is 23.1. The van der Waals surface area contributed by atoms with Crippen LogP contribution < -0.4 is 4.74 Å². The standard InChI is InChI=1S/C27H34F4O/c1-3-19(2)4-5-20-6-8-21(9-7-20)10-11-22-12-14-23(15-13-22)24-16-17-26(25(28)18-24)32-27(29,30)31/h12-21H,3-11H2,1-2H3. The van der Waals surface area contributed by atoms with E-state index in [1.165, 1.54) is 63.0 Å². The van der Waals surface area contributed by atoms with E-state index in [1.807, 2.05) is 24.3 Å². The third-order valence-electron chi connectivity index (χ3n) is 7.02. The number of alkyl halides is 3. The second-order valence-corrected chi connectivity index (χ2v) is 9.41. The van der Waals surface area contributed by atoms with E-state index in [0.29, 0.717) is 5.56 Å². The molecule has 176 valence electrons. The molecule has 2 aromatic rings. The van der Waals surface area contributed by atoms with Crippen LogP contribution in [0.4, 0.5) is 17.6 Å². The topological polar surface area (TPSA) is 9.23 Å². The molecule has 2 aromatic carbocycles. The molecular weight excluding hydrogens is 416 g/mol. The molecule has 0 aromatic heterocycles. The number of aryl methyl sites for hydroxylation is 1. The van der Waals surface area contributed by atoms with E-state index in [0.717, 1.165) is 41.9 Å². The Morgan fingerprint density at radius 3 is 2.06 bits per heavy atom. The average molecular weight is 451 g/mol. The molecule has 0 bridgehead atoms. The van der Waals surface area contributed by atoms with Crippen molar-refractivity contribution in [3.63, 3.8) is 0 Å². The first-order valence-electron chi connectivity index (χ1n) is 11.9. The van der Waals surface area contributed by atoms with Crippen LogP contribution in [0.15, 0.2) is 42.5 Å². The fourth-order valence-electron chi connectivity index (χ4n) is 4.66. The molecule has 1 atom stereocenters. The summed E-state index contributed by atoms with van der Waals surface area (Å²) in [5.74, 6) is 0.715. The highest BCUT2D eigenvalue weighted by Crippen LogP contribution is 2.35. The lowest BCUT2D eigenvalue weighted by Gasteiger charge is -2.29. The van der Waals surface area contributed by atoms with Gasteiger partial charge in [0.2, 0.25) is 0 Å². The van der Waals surface area contributed by atoms with Crippen LogP contribution in [0, 0.1) is 23.6 Å². The monoisotopic (exact) mass is 450 g/mol. The highest BCUT2D eigenvalue weighted by Gasteiger charge is 2.32. The molecule has 1 unspecified atom stereocenters. The van der Waals surface area contributed by atoms with Gasteiger partial charge in [-0.15, -0.1) is 13.2 Å². The third kappa shape index (κ3) is 7.53. The van der Waals surface area contributed by atoms with Crippen LogP contribution in [0.1, 0.15) is 70.8 Å². The van der Waals surface area contributed by atoms with Crippen LogP contribution in [0.25, 0.3) is 11.1 Å². The molecule has 5 heteroatoms. The summed E-state index contributed by atoms with van der Waals surface area (Å²) in [4.78, 5) is 0. The van der Waals surface area contributed by atoms with E-state index in [4.69, 9.17) is 0 Å². The minimum Gasteiger partial charge on any atom is -0.403 e. The summed E-state index contributed by atoms with van der Waals surface area (Å²) in [6, 6.07) is 11.4. The molecule has 0 amide bonds. The minimum atomic E-state index is -4.91. The lowest BCUT2D eigenvalue weighted by atomic mass is 9.77. The predicted molar refractivity (Wildman–Crippen MR) is 121 cm³/mol. The maximum atomic E-state index is 14.0. The summed E-state index contributed by atoms with van der Waals surface area (Å²) >= 11 is 0. The van der Waals surface area contributed by atoms with Crippen molar-refractivity contribution in [2.45, 2.75) is 78.0 Å². The van der Waals surface area contributed by atoms with Crippen molar-refractivity contribution in [2.75, 3.05) is 0 Å². The Balaban J connectivity index is 1.47. The van der Waals surface area contributed by atoms with E-state index >= 15 is 0 Å². The Morgan fingerprint density at radius 2 is 1.50 bits per heavy atom. The van der Waals surface area contributed by atoms with Gasteiger partial charge < -0.3 is 4.74 Å². The summed E-state index contributed by atoms with van der Waals surface area (Å²) in [5, 5.41) is 0. The van der Waals surface area contributed by atoms with Gasteiger partial charge in [0.15, 0.2) is 11.6 Å². The lowest BCUT2D eigenvalue weighted by molar-refractivity contribution is -0.275. The highest BCUT2D eigenvalue weighted by atomic mass is 19.4. The number of rotatable bonds is 9. The van der Waals surface area contributed by atoms with Crippen LogP contribution in [-0.2, 0) is 6.42 Å². The molecule has 3 rings (SSSR count). The van der Waals surface area contributed by atoms with Crippen molar-refractivity contribution in [1.29, 1.82) is 0 Å². The smallest absolute Gasteiger partial charge is 0.403 e. The molecule has 0 heterocycles. The lowest BCUT2D eigenvalue weighted by Crippen LogP contribution is -2.17. The molecule has 1 fully saturated rings. The third-order valence-corrected chi connectivity index (χ3v) is 7.02. The van der Waals surface area contributed by atoms with E-state index in [9.17, 15) is 17.6 Å². The second kappa shape index (κ2) is 11.2. The van der Waals surface area contributed by atoms with Crippen molar-refractivity contribution in [3.05, 3.63) is 53.8 Å². The Labute approximate surface area is 189 Å². The van der Waals surface area contributed by atoms with Gasteiger partial charge in [0.25, 0.3) is 0 Å². The number of halogens is 4. The first-order chi connectivity index (χ1) is 15.2. The van der Waals surface area contributed by atoms with Gasteiger partial charge >= 0.3 is 6.36 Å². The fourth-order valence-corrected chi connectivity index (χ4v) is 4.66. The first kappa shape index (κ1) is 24.6. The van der Waals surface area contributed by atoms with Gasteiger partial charge in [-0.1, -0.05) is 89.1 Å². The molecule has 1 aliphatic rings. The van der Waals surface area contributed by atoms with Crippen LogP contribution in [0.2, 0.25) is 0 Å². The zero-order valence-electron chi connectivity index (χ0n) is 19.1. The van der Waals surface area contributed by atoms with Crippen molar-refractivity contribution in [1.82, 2.24) is 0 Å². The van der Waals surface area contributed by atoms with E-state index in [-0.39, 0.29) is 0 Å². The van der Waals surface area contributed by atoms with E-state index in [2.05, 4.69) is 18.6 Å². The maximum Gasteiger partial charge on any atom is 0.573 e. The molecule has 1 aliphatic carbocycles. The summed E-state index contributed by atoms with van der Waals surface area (Å²) in [5.41, 5.74) is 2.54. The van der Waals surface area contributed by atoms with Crippen molar-refractivity contribution < 1.29 is 22.3 Å². The van der Waals surface area contributed by atoms with Crippen molar-refractivity contribution >= 4 is 0 Å². The molecule has 32 heavy (non-hydrogen) atoms. The predicted octanol–water partition coefficient (Wildman–Crippen LogP) is 8.96. The minimum absolute atomic E-state index is 0.527. The Hall–Kier alpha value is -2.04. The average Bonchev–Trinajstić information content (AvgIpc) is 2.77. The van der Waals surface area contributed by atoms with Crippen LogP contribution >= 0.6 is 0 Å². The normalized spacial score (nSPS) is 20.2. The molecule has 1 saturated carbocycles. The van der Waals surface area contributed by atoms with Gasteiger partial charge in [-0.25, -0.2) is 4.39 Å². The van der Waals surface area contributed by atoms with Gasteiger partial charge in [-0.2, -0.15) is 0 Å². The van der Waals surface area contributed by atoms with Gasteiger partial charge in [0.05, 0.1) is 0 Å². The molecule has 0 N–H and O–H groups in total. The number of benzene rings is 2. The van der Waals surface area contributed by atoms with Crippen LogP contribution in [0.5, 0.6) is 5.75 Å². The van der Waals surface area contributed by atoms with Crippen molar-refractivity contribution in [2.24, 2.45) is 17.8 Å². The summed E-state index contributed by atoms with van der Waals surface area (Å²) < 4.78 is 54.6. The first-order valence-corrected chi connectivity index (χ1v) is 11.9. The number of hydrogen-bond donors (Lipinski definition) is 0. The zero-order valence-corrected chi connectivity index (χ0v) is 19.1. The quantitative estimate of drug-likeness (QED) is 0.346. The van der Waals surface area contributed by atoms with Crippen molar-refractivity contribution in [3.8, 4) is 16.9 Å². The molecule has 1 nitrogen and oxygen atoms in total. The number of hydrogen-bond acceptors (Lipinski definition) is 1. The van der Waals surface area contributed by atoms with Crippen LogP contribution in [-0.4, -0.2) is 6.36 Å². The fraction of sp³-hybridized carbons (Fsp3) is 0.556. The largest absolute Gasteiger partial charge is 0.573 e. The van der Waals surface area contributed by atoms with Gasteiger partial charge in [-0.3, -0.25) is 0 Å². The summed E-state index contributed by atoms with van der Waals surface area (Å²) in [7, 11) is 0. The maximum absolute atomic E-state index is 14.0. The molecule has 0 saturated heterocycles. The number of ether oxygens (including phenoxy) is 1. The SMILES string of the molecule is CCC(C)CCC1CCC(CCc2ccc(-c3ccc(OC(F)(F)F)c(F)c3)cc2)CC1. The molecule has 0 aliphatic heterocycles. The Bertz CT molecular complexity index is 836. The van der Waals surface area contributed by atoms with E-state index in [1.54, 1.807) is 0 Å². The van der Waals surface area contributed by atoms with Crippen LogP contribution in [0.3, 0.4) is 0 Å². The second-order valence-electron chi connectivity index (χ2n) is 9.41. The molecule has 0 spiro atoms.